The van der Waals surface area contributed by atoms with E-state index in [1.165, 1.54) is 4.90 Å². The molecule has 0 unspecified atom stereocenters. The molecule has 0 radical (unpaired) electrons. The van der Waals surface area contributed by atoms with E-state index in [0.717, 1.165) is 11.1 Å². The Bertz CT molecular complexity index is 563. The molecule has 0 heterocycles. The van der Waals surface area contributed by atoms with Crippen LogP contribution in [-0.2, 0) is 17.9 Å². The van der Waals surface area contributed by atoms with Gasteiger partial charge in [-0.05, 0) is 11.1 Å². The van der Waals surface area contributed by atoms with E-state index in [4.69, 9.17) is 0 Å². The van der Waals surface area contributed by atoms with Gasteiger partial charge in [0, 0.05) is 18.9 Å². The molecule has 0 atom stereocenters. The zero-order valence-electron chi connectivity index (χ0n) is 11.8. The SMILES string of the molecule is CN(Cc1ccccc1)C(=O)ON(F)Cc1ccccc1. The Morgan fingerprint density at radius 2 is 1.43 bits per heavy atom. The van der Waals surface area contributed by atoms with Crippen molar-refractivity contribution >= 4 is 6.09 Å². The van der Waals surface area contributed by atoms with Crippen LogP contribution >= 0.6 is 0 Å². The molecule has 0 fully saturated rings. The van der Waals surface area contributed by atoms with Crippen molar-refractivity contribution in [2.75, 3.05) is 7.05 Å². The molecule has 2 aromatic carbocycles. The number of amides is 1. The van der Waals surface area contributed by atoms with E-state index in [9.17, 15) is 9.28 Å². The third-order valence-corrected chi connectivity index (χ3v) is 2.90. The van der Waals surface area contributed by atoms with Crippen molar-refractivity contribution < 1.29 is 14.1 Å². The number of nitrogens with zero attached hydrogens (tertiary/aromatic N) is 2. The lowest BCUT2D eigenvalue weighted by Crippen LogP contribution is -2.31. The first-order chi connectivity index (χ1) is 10.1. The predicted octanol–water partition coefficient (Wildman–Crippen LogP) is 3.56. The molecule has 2 rings (SSSR count). The molecule has 0 aliphatic carbocycles. The number of carbonyl (C=O) groups excluding carboxylic acids is 1. The Labute approximate surface area is 123 Å². The van der Waals surface area contributed by atoms with E-state index in [0.29, 0.717) is 6.54 Å². The van der Waals surface area contributed by atoms with Crippen LogP contribution in [0.15, 0.2) is 60.7 Å². The number of halogens is 1. The average Bonchev–Trinajstić information content (AvgIpc) is 2.49. The minimum absolute atomic E-state index is 0.0408. The Balaban J connectivity index is 1.83. The van der Waals surface area contributed by atoms with Crippen LogP contribution in [0, 0.1) is 0 Å². The van der Waals surface area contributed by atoms with Crippen LogP contribution in [0.5, 0.6) is 0 Å². The highest BCUT2D eigenvalue weighted by Crippen LogP contribution is 2.08. The molecule has 0 aliphatic rings. The minimum Gasteiger partial charge on any atom is -0.319 e. The lowest BCUT2D eigenvalue weighted by molar-refractivity contribution is -0.247. The van der Waals surface area contributed by atoms with Crippen molar-refractivity contribution in [2.45, 2.75) is 13.1 Å². The summed E-state index contributed by atoms with van der Waals surface area (Å²) in [5.41, 5.74) is 1.67. The van der Waals surface area contributed by atoms with Gasteiger partial charge in [0.2, 0.25) is 0 Å². The van der Waals surface area contributed by atoms with Gasteiger partial charge < -0.3 is 9.74 Å². The van der Waals surface area contributed by atoms with Crippen molar-refractivity contribution in [1.82, 2.24) is 10.2 Å². The van der Waals surface area contributed by atoms with Crippen LogP contribution < -0.4 is 0 Å². The lowest BCUT2D eigenvalue weighted by Gasteiger charge is -2.19. The van der Waals surface area contributed by atoms with E-state index in [-0.39, 0.29) is 11.8 Å². The van der Waals surface area contributed by atoms with Crippen molar-refractivity contribution in [3.63, 3.8) is 0 Å². The minimum atomic E-state index is -0.739. The molecule has 4 nitrogen and oxygen atoms in total. The van der Waals surface area contributed by atoms with E-state index >= 15 is 0 Å². The average molecular weight is 288 g/mol. The highest BCUT2D eigenvalue weighted by atomic mass is 19.2. The molecule has 0 N–H and O–H groups in total. The first kappa shape index (κ1) is 15.0. The Hall–Kier alpha value is -2.40. The molecule has 1 amide bonds. The second kappa shape index (κ2) is 7.40. The monoisotopic (exact) mass is 288 g/mol. The Morgan fingerprint density at radius 3 is 1.95 bits per heavy atom. The van der Waals surface area contributed by atoms with E-state index in [1.54, 1.807) is 31.3 Å². The van der Waals surface area contributed by atoms with E-state index in [2.05, 4.69) is 4.84 Å². The first-order valence-electron chi connectivity index (χ1n) is 6.59. The molecule has 5 heteroatoms. The quantitative estimate of drug-likeness (QED) is 0.623. The molecule has 2 aromatic rings. The van der Waals surface area contributed by atoms with E-state index < -0.39 is 6.09 Å². The van der Waals surface area contributed by atoms with Gasteiger partial charge in [0.25, 0.3) is 0 Å². The number of hydrogen-bond donors (Lipinski definition) is 0. The van der Waals surface area contributed by atoms with Crippen LogP contribution in [0.25, 0.3) is 0 Å². The summed E-state index contributed by atoms with van der Waals surface area (Å²) in [4.78, 5) is 17.7. The molecular weight excluding hydrogens is 271 g/mol. The third kappa shape index (κ3) is 4.89. The van der Waals surface area contributed by atoms with Gasteiger partial charge in [0.15, 0.2) is 0 Å². The van der Waals surface area contributed by atoms with Crippen LogP contribution in [0.1, 0.15) is 11.1 Å². The van der Waals surface area contributed by atoms with Crippen molar-refractivity contribution in [3.05, 3.63) is 71.8 Å². The second-order valence-electron chi connectivity index (χ2n) is 4.66. The Kier molecular flexibility index (Phi) is 5.29. The van der Waals surface area contributed by atoms with E-state index in [1.807, 2.05) is 36.4 Å². The van der Waals surface area contributed by atoms with Crippen LogP contribution in [0.4, 0.5) is 9.28 Å². The van der Waals surface area contributed by atoms with Gasteiger partial charge >= 0.3 is 6.09 Å². The molecule has 21 heavy (non-hydrogen) atoms. The molecule has 0 spiro atoms. The summed E-state index contributed by atoms with van der Waals surface area (Å²) in [6, 6.07) is 18.4. The van der Waals surface area contributed by atoms with Crippen LogP contribution in [0.3, 0.4) is 0 Å². The lowest BCUT2D eigenvalue weighted by atomic mass is 10.2. The topological polar surface area (TPSA) is 32.8 Å². The maximum Gasteiger partial charge on any atom is 0.431 e. The number of rotatable bonds is 5. The van der Waals surface area contributed by atoms with Gasteiger partial charge in [0.1, 0.15) is 0 Å². The fraction of sp³-hybridized carbons (Fsp3) is 0.188. The summed E-state index contributed by atoms with van der Waals surface area (Å²) in [5, 5.41) is 0.0408. The summed E-state index contributed by atoms with van der Waals surface area (Å²) in [7, 11) is 1.56. The fourth-order valence-electron chi connectivity index (χ4n) is 1.84. The summed E-state index contributed by atoms with van der Waals surface area (Å²) in [6.07, 6.45) is -0.739. The maximum absolute atomic E-state index is 13.6. The van der Waals surface area contributed by atoms with Gasteiger partial charge in [-0.1, -0.05) is 65.1 Å². The smallest absolute Gasteiger partial charge is 0.319 e. The number of hydrogen-bond acceptors (Lipinski definition) is 3. The highest BCUT2D eigenvalue weighted by Gasteiger charge is 2.16. The van der Waals surface area contributed by atoms with Crippen molar-refractivity contribution in [3.8, 4) is 0 Å². The zero-order valence-corrected chi connectivity index (χ0v) is 11.8. The van der Waals surface area contributed by atoms with Gasteiger partial charge in [0.05, 0.1) is 6.54 Å². The molecule has 110 valence electrons. The van der Waals surface area contributed by atoms with Gasteiger partial charge in [-0.25, -0.2) is 4.79 Å². The molecule has 0 aromatic heterocycles. The van der Waals surface area contributed by atoms with Gasteiger partial charge in [-0.15, -0.1) is 0 Å². The molecule has 0 saturated heterocycles. The fourth-order valence-corrected chi connectivity index (χ4v) is 1.84. The summed E-state index contributed by atoms with van der Waals surface area (Å²) >= 11 is 0. The number of benzene rings is 2. The third-order valence-electron chi connectivity index (χ3n) is 2.90. The summed E-state index contributed by atoms with van der Waals surface area (Å²) < 4.78 is 13.6. The summed E-state index contributed by atoms with van der Waals surface area (Å²) in [6.45, 7) is 0.255. The standard InChI is InChI=1S/C16H17FN2O2/c1-18(12-14-8-4-2-5-9-14)16(20)21-19(17)13-15-10-6-3-7-11-15/h2-11H,12-13H2,1H3. The molecule has 0 aliphatic heterocycles. The normalized spacial score (nSPS) is 10.4. The summed E-state index contributed by atoms with van der Waals surface area (Å²) in [5.74, 6) is 0. The second-order valence-corrected chi connectivity index (χ2v) is 4.66. The molecular formula is C16H17FN2O2. The predicted molar refractivity (Wildman–Crippen MR) is 77.5 cm³/mol. The van der Waals surface area contributed by atoms with Crippen molar-refractivity contribution in [2.24, 2.45) is 0 Å². The first-order valence-corrected chi connectivity index (χ1v) is 6.59. The molecule has 0 saturated carbocycles. The molecule has 0 bridgehead atoms. The Morgan fingerprint density at radius 1 is 0.952 bits per heavy atom. The van der Waals surface area contributed by atoms with Gasteiger partial charge in [-0.2, -0.15) is 0 Å². The highest BCUT2D eigenvalue weighted by molar-refractivity contribution is 5.66. The number of carbonyl (C=O) groups is 1. The maximum atomic E-state index is 13.6. The number of hydroxylamine groups is 1. The van der Waals surface area contributed by atoms with Crippen LogP contribution in [0.2, 0.25) is 0 Å². The van der Waals surface area contributed by atoms with Crippen molar-refractivity contribution in [1.29, 1.82) is 0 Å². The zero-order chi connectivity index (χ0) is 15.1. The van der Waals surface area contributed by atoms with Gasteiger partial charge in [-0.3, -0.25) is 0 Å². The largest absolute Gasteiger partial charge is 0.431 e. The van der Waals surface area contributed by atoms with Crippen LogP contribution in [-0.4, -0.2) is 23.3 Å².